The lowest BCUT2D eigenvalue weighted by molar-refractivity contribution is -0.143. The van der Waals surface area contributed by atoms with Crippen LogP contribution in [0.25, 0.3) is 11.4 Å². The van der Waals surface area contributed by atoms with Gasteiger partial charge in [0.15, 0.2) is 5.82 Å². The molecule has 120 valence electrons. The number of nitrogens with zero attached hydrogens (tertiary/aromatic N) is 2. The predicted octanol–water partition coefficient (Wildman–Crippen LogP) is 3.01. The van der Waals surface area contributed by atoms with Crippen molar-refractivity contribution in [3.05, 3.63) is 35.2 Å². The number of hydrogen-bond donors (Lipinski definition) is 2. The van der Waals surface area contributed by atoms with Crippen molar-refractivity contribution in [1.29, 1.82) is 0 Å². The molecule has 0 spiro atoms. The fourth-order valence-electron chi connectivity index (χ4n) is 1.76. The Morgan fingerprint density at radius 2 is 1.50 bits per heavy atom. The van der Waals surface area contributed by atoms with Crippen molar-refractivity contribution in [2.24, 2.45) is 5.73 Å². The number of nitrogens with one attached hydrogen (secondary N) is 1. The average molecular weight is 324 g/mol. The summed E-state index contributed by atoms with van der Waals surface area (Å²) in [5.74, 6) is 0.0310. The Kier molecular flexibility index (Phi) is 4.14. The van der Waals surface area contributed by atoms with Gasteiger partial charge in [-0.1, -0.05) is 0 Å². The summed E-state index contributed by atoms with van der Waals surface area (Å²) in [6, 6.07) is 1.20. The van der Waals surface area contributed by atoms with Gasteiger partial charge in [0.25, 0.3) is 0 Å². The maximum absolute atomic E-state index is 12.7. The minimum Gasteiger partial charge on any atom is -0.330 e. The molecule has 10 heteroatoms. The molecule has 2 aromatic rings. The van der Waals surface area contributed by atoms with Gasteiger partial charge in [-0.3, -0.25) is 5.10 Å². The van der Waals surface area contributed by atoms with Crippen LogP contribution in [0.4, 0.5) is 26.3 Å². The number of benzene rings is 1. The van der Waals surface area contributed by atoms with E-state index in [1.807, 2.05) is 0 Å². The first-order chi connectivity index (χ1) is 10.1. The van der Waals surface area contributed by atoms with Crippen molar-refractivity contribution >= 4 is 0 Å². The molecule has 3 N–H and O–H groups in total. The van der Waals surface area contributed by atoms with E-state index in [0.29, 0.717) is 12.1 Å². The van der Waals surface area contributed by atoms with E-state index in [0.717, 1.165) is 0 Å². The zero-order valence-corrected chi connectivity index (χ0v) is 10.9. The van der Waals surface area contributed by atoms with Gasteiger partial charge >= 0.3 is 12.4 Å². The second kappa shape index (κ2) is 5.59. The summed E-state index contributed by atoms with van der Waals surface area (Å²) in [5, 5.41) is 6.04. The maximum atomic E-state index is 12.7. The van der Waals surface area contributed by atoms with Crippen LogP contribution in [0.1, 0.15) is 17.0 Å². The number of hydrogen-bond acceptors (Lipinski definition) is 3. The topological polar surface area (TPSA) is 67.6 Å². The van der Waals surface area contributed by atoms with Crippen LogP contribution in [-0.2, 0) is 18.8 Å². The molecule has 0 aliphatic carbocycles. The molecule has 1 aromatic heterocycles. The Morgan fingerprint density at radius 3 is 1.95 bits per heavy atom. The van der Waals surface area contributed by atoms with Crippen molar-refractivity contribution in [1.82, 2.24) is 15.2 Å². The van der Waals surface area contributed by atoms with Gasteiger partial charge in [-0.05, 0) is 24.7 Å². The van der Waals surface area contributed by atoms with Crippen molar-refractivity contribution in [3.63, 3.8) is 0 Å². The van der Waals surface area contributed by atoms with Crippen molar-refractivity contribution in [2.45, 2.75) is 18.8 Å². The SMILES string of the molecule is NCCc1nc(-c2cc(C(F)(F)F)cc(C(F)(F)F)c2)n[nH]1. The molecule has 0 aliphatic rings. The molecular formula is C12H10F6N4. The van der Waals surface area contributed by atoms with Crippen molar-refractivity contribution in [2.75, 3.05) is 6.54 Å². The van der Waals surface area contributed by atoms with E-state index < -0.39 is 23.5 Å². The minimum atomic E-state index is -4.91. The molecule has 1 heterocycles. The molecule has 0 unspecified atom stereocenters. The highest BCUT2D eigenvalue weighted by molar-refractivity contribution is 5.58. The van der Waals surface area contributed by atoms with Crippen LogP contribution in [0, 0.1) is 0 Å². The van der Waals surface area contributed by atoms with E-state index in [4.69, 9.17) is 5.73 Å². The van der Waals surface area contributed by atoms with Crippen molar-refractivity contribution < 1.29 is 26.3 Å². The maximum Gasteiger partial charge on any atom is 0.416 e. The monoisotopic (exact) mass is 324 g/mol. The summed E-state index contributed by atoms with van der Waals surface area (Å²) in [5.41, 5.74) is 2.08. The molecule has 0 saturated carbocycles. The van der Waals surface area contributed by atoms with Crippen LogP contribution in [0.5, 0.6) is 0 Å². The summed E-state index contributed by atoms with van der Waals surface area (Å²) >= 11 is 0. The van der Waals surface area contributed by atoms with Crippen LogP contribution in [0.2, 0.25) is 0 Å². The molecule has 0 fully saturated rings. The Labute approximate surface area is 120 Å². The fourth-order valence-corrected chi connectivity index (χ4v) is 1.76. The smallest absolute Gasteiger partial charge is 0.330 e. The highest BCUT2D eigenvalue weighted by Crippen LogP contribution is 2.37. The number of nitrogens with two attached hydrogens (primary N) is 1. The first-order valence-electron chi connectivity index (χ1n) is 6.02. The average Bonchev–Trinajstić information content (AvgIpc) is 2.85. The van der Waals surface area contributed by atoms with Gasteiger partial charge in [0, 0.05) is 12.0 Å². The number of rotatable bonds is 3. The fraction of sp³-hybridized carbons (Fsp3) is 0.333. The van der Waals surface area contributed by atoms with E-state index in [-0.39, 0.29) is 36.2 Å². The molecule has 4 nitrogen and oxygen atoms in total. The number of halogens is 6. The first kappa shape index (κ1) is 16.3. The minimum absolute atomic E-state index is 0.0525. The second-order valence-corrected chi connectivity index (χ2v) is 4.44. The Hall–Kier alpha value is -2.10. The molecule has 0 bridgehead atoms. The molecule has 0 saturated heterocycles. The van der Waals surface area contributed by atoms with E-state index in [1.54, 1.807) is 0 Å². The van der Waals surface area contributed by atoms with E-state index in [2.05, 4.69) is 15.2 Å². The van der Waals surface area contributed by atoms with Crippen LogP contribution >= 0.6 is 0 Å². The molecule has 22 heavy (non-hydrogen) atoms. The van der Waals surface area contributed by atoms with Gasteiger partial charge in [0.05, 0.1) is 11.1 Å². The van der Waals surface area contributed by atoms with Gasteiger partial charge in [0.1, 0.15) is 5.82 Å². The highest BCUT2D eigenvalue weighted by Gasteiger charge is 2.37. The molecule has 2 rings (SSSR count). The van der Waals surface area contributed by atoms with E-state index in [9.17, 15) is 26.3 Å². The lowest BCUT2D eigenvalue weighted by Gasteiger charge is -2.13. The molecular weight excluding hydrogens is 314 g/mol. The molecule has 0 radical (unpaired) electrons. The summed E-state index contributed by atoms with van der Waals surface area (Å²) < 4.78 is 76.5. The Morgan fingerprint density at radius 1 is 0.955 bits per heavy atom. The summed E-state index contributed by atoms with van der Waals surface area (Å²) in [6.45, 7) is 0.213. The second-order valence-electron chi connectivity index (χ2n) is 4.44. The van der Waals surface area contributed by atoms with E-state index >= 15 is 0 Å². The van der Waals surface area contributed by atoms with Gasteiger partial charge < -0.3 is 5.73 Å². The van der Waals surface area contributed by atoms with Gasteiger partial charge in [0.2, 0.25) is 0 Å². The standard InChI is InChI=1S/C12H10F6N4/c13-11(14,15)7-3-6(4-8(5-7)12(16,17)18)10-20-9(1-2-19)21-22-10/h3-5H,1-2,19H2,(H,20,21,22). The summed E-state index contributed by atoms with van der Waals surface area (Å²) in [7, 11) is 0. The number of aromatic nitrogens is 3. The first-order valence-corrected chi connectivity index (χ1v) is 6.02. The molecule has 0 aliphatic heterocycles. The van der Waals surface area contributed by atoms with Crippen LogP contribution < -0.4 is 5.73 Å². The van der Waals surface area contributed by atoms with Crippen LogP contribution in [-0.4, -0.2) is 21.7 Å². The third kappa shape index (κ3) is 3.56. The van der Waals surface area contributed by atoms with Gasteiger partial charge in [-0.15, -0.1) is 0 Å². The zero-order chi connectivity index (χ0) is 16.5. The zero-order valence-electron chi connectivity index (χ0n) is 10.9. The van der Waals surface area contributed by atoms with Crippen molar-refractivity contribution in [3.8, 4) is 11.4 Å². The Bertz CT molecular complexity index is 626. The molecule has 0 amide bonds. The number of H-pyrrole nitrogens is 1. The largest absolute Gasteiger partial charge is 0.416 e. The van der Waals surface area contributed by atoms with E-state index in [1.165, 1.54) is 0 Å². The Balaban J connectivity index is 2.54. The van der Waals surface area contributed by atoms with Crippen LogP contribution in [0.3, 0.4) is 0 Å². The molecule has 0 atom stereocenters. The summed E-state index contributed by atoms with van der Waals surface area (Å²) in [6.07, 6.45) is -9.54. The van der Waals surface area contributed by atoms with Gasteiger partial charge in [-0.2, -0.15) is 31.4 Å². The summed E-state index contributed by atoms with van der Waals surface area (Å²) in [4.78, 5) is 3.84. The third-order valence-electron chi connectivity index (χ3n) is 2.76. The predicted molar refractivity (Wildman–Crippen MR) is 64.6 cm³/mol. The lowest BCUT2D eigenvalue weighted by atomic mass is 10.0. The molecule has 1 aromatic carbocycles. The quantitative estimate of drug-likeness (QED) is 0.853. The third-order valence-corrected chi connectivity index (χ3v) is 2.76. The normalized spacial score (nSPS) is 12.7. The number of alkyl halides is 6. The highest BCUT2D eigenvalue weighted by atomic mass is 19.4. The number of aromatic amines is 1. The lowest BCUT2D eigenvalue weighted by Crippen LogP contribution is -2.11. The van der Waals surface area contributed by atoms with Gasteiger partial charge in [-0.25, -0.2) is 4.98 Å². The van der Waals surface area contributed by atoms with Crippen LogP contribution in [0.15, 0.2) is 18.2 Å².